The van der Waals surface area contributed by atoms with Crippen LogP contribution in [0.25, 0.3) is 0 Å². The van der Waals surface area contributed by atoms with E-state index in [4.69, 9.17) is 9.47 Å². The van der Waals surface area contributed by atoms with Crippen LogP contribution >= 0.6 is 0 Å². The quantitative estimate of drug-likeness (QED) is 0.695. The molecule has 9 heteroatoms. The molecule has 0 atom stereocenters. The molecule has 7 nitrogen and oxygen atoms in total. The second-order valence-corrected chi connectivity index (χ2v) is 6.25. The van der Waals surface area contributed by atoms with Crippen LogP contribution in [0.3, 0.4) is 0 Å². The van der Waals surface area contributed by atoms with E-state index in [-0.39, 0.29) is 11.6 Å². The van der Waals surface area contributed by atoms with Gasteiger partial charge in [-0.3, -0.25) is 4.79 Å². The van der Waals surface area contributed by atoms with Gasteiger partial charge in [-0.1, -0.05) is 6.07 Å². The Bertz CT molecular complexity index is 1070. The Kier molecular flexibility index (Phi) is 4.94. The summed E-state index contributed by atoms with van der Waals surface area (Å²) < 4.78 is 38.6. The first kappa shape index (κ1) is 18.6. The van der Waals surface area contributed by atoms with Gasteiger partial charge in [0, 0.05) is 17.4 Å². The topological polar surface area (TPSA) is 85.4 Å². The highest BCUT2D eigenvalue weighted by atomic mass is 19.1. The molecule has 3 aromatic rings. The zero-order valence-electron chi connectivity index (χ0n) is 15.3. The lowest BCUT2D eigenvalue weighted by Gasteiger charge is -2.19. The van der Waals surface area contributed by atoms with Crippen LogP contribution < -0.4 is 20.1 Å². The van der Waals surface area contributed by atoms with Gasteiger partial charge in [0.15, 0.2) is 11.5 Å². The van der Waals surface area contributed by atoms with Crippen LogP contribution in [0.1, 0.15) is 16.2 Å². The molecule has 2 heterocycles. The van der Waals surface area contributed by atoms with Crippen molar-refractivity contribution in [2.75, 3.05) is 23.8 Å². The van der Waals surface area contributed by atoms with E-state index in [0.717, 1.165) is 12.1 Å². The average molecular weight is 398 g/mol. The average Bonchev–Trinajstić information content (AvgIpc) is 2.70. The lowest BCUT2D eigenvalue weighted by atomic mass is 10.2. The zero-order chi connectivity index (χ0) is 20.4. The molecule has 4 rings (SSSR count). The smallest absolute Gasteiger partial charge is 0.274 e. The fraction of sp³-hybridized carbons (Fsp3) is 0.150. The zero-order valence-corrected chi connectivity index (χ0v) is 15.3. The highest BCUT2D eigenvalue weighted by molar-refractivity contribution is 6.03. The maximum Gasteiger partial charge on any atom is 0.274 e. The Morgan fingerprint density at radius 1 is 1.00 bits per heavy atom. The summed E-state index contributed by atoms with van der Waals surface area (Å²) in [6.45, 7) is 2.62. The number of carbonyl (C=O) groups excluding carboxylic acids is 1. The SMILES string of the molecule is Cc1cc(C(=O)Nc2c(F)cccc2F)nc(Nc2ccc3c(c2)OCCO3)n1. The largest absolute Gasteiger partial charge is 0.486 e. The van der Waals surface area contributed by atoms with Crippen LogP contribution in [0.5, 0.6) is 11.5 Å². The van der Waals surface area contributed by atoms with Gasteiger partial charge in [-0.15, -0.1) is 0 Å². The van der Waals surface area contributed by atoms with E-state index in [1.165, 1.54) is 12.1 Å². The summed E-state index contributed by atoms with van der Waals surface area (Å²) in [5.41, 5.74) is 0.556. The first-order valence-electron chi connectivity index (χ1n) is 8.77. The number of nitrogens with one attached hydrogen (secondary N) is 2. The normalized spacial score (nSPS) is 12.4. The van der Waals surface area contributed by atoms with E-state index in [1.54, 1.807) is 25.1 Å². The predicted octanol–water partition coefficient (Wildman–Crippen LogP) is 3.83. The molecule has 2 N–H and O–H groups in total. The van der Waals surface area contributed by atoms with Gasteiger partial charge in [0.2, 0.25) is 5.95 Å². The number of rotatable bonds is 4. The van der Waals surface area contributed by atoms with E-state index >= 15 is 0 Å². The number of ether oxygens (including phenoxy) is 2. The van der Waals surface area contributed by atoms with Gasteiger partial charge in [0.1, 0.15) is 36.2 Å². The third kappa shape index (κ3) is 4.08. The molecule has 0 saturated heterocycles. The number of anilines is 3. The minimum Gasteiger partial charge on any atom is -0.486 e. The molecule has 0 bridgehead atoms. The maximum absolute atomic E-state index is 13.8. The number of nitrogens with zero attached hydrogens (tertiary/aromatic N) is 2. The number of hydrogen-bond donors (Lipinski definition) is 2. The number of carbonyl (C=O) groups is 1. The van der Waals surface area contributed by atoms with Gasteiger partial charge in [-0.25, -0.2) is 18.7 Å². The van der Waals surface area contributed by atoms with Crippen molar-refractivity contribution in [3.8, 4) is 11.5 Å². The van der Waals surface area contributed by atoms with Crippen molar-refractivity contribution >= 4 is 23.2 Å². The summed E-state index contributed by atoms with van der Waals surface area (Å²) in [4.78, 5) is 20.9. The summed E-state index contributed by atoms with van der Waals surface area (Å²) >= 11 is 0. The molecule has 1 amide bonds. The molecular weight excluding hydrogens is 382 g/mol. The van der Waals surface area contributed by atoms with Crippen LogP contribution in [-0.4, -0.2) is 29.1 Å². The van der Waals surface area contributed by atoms with Gasteiger partial charge >= 0.3 is 0 Å². The highest BCUT2D eigenvalue weighted by Crippen LogP contribution is 2.33. The number of hydrogen-bond acceptors (Lipinski definition) is 6. The van der Waals surface area contributed by atoms with Gasteiger partial charge in [0.05, 0.1) is 0 Å². The monoisotopic (exact) mass is 398 g/mol. The second-order valence-electron chi connectivity index (χ2n) is 6.25. The fourth-order valence-corrected chi connectivity index (χ4v) is 2.79. The van der Waals surface area contributed by atoms with E-state index in [9.17, 15) is 13.6 Å². The number of aromatic nitrogens is 2. The Morgan fingerprint density at radius 3 is 2.48 bits per heavy atom. The van der Waals surface area contributed by atoms with Crippen molar-refractivity contribution in [3.05, 3.63) is 65.5 Å². The molecule has 1 aliphatic heterocycles. The standard InChI is InChI=1S/C20H16F2N4O3/c1-11-9-15(19(27)26-18-13(21)3-2-4-14(18)22)25-20(23-11)24-12-5-6-16-17(10-12)29-8-7-28-16/h2-6,9-10H,7-8H2,1H3,(H,26,27)(H,23,24,25). The van der Waals surface area contributed by atoms with Gasteiger partial charge in [0.25, 0.3) is 5.91 Å². The summed E-state index contributed by atoms with van der Waals surface area (Å²) in [5.74, 6) is -1.14. The van der Waals surface area contributed by atoms with E-state index < -0.39 is 23.2 Å². The molecule has 148 valence electrons. The minimum atomic E-state index is -0.876. The minimum absolute atomic E-state index is 0.0415. The van der Waals surface area contributed by atoms with Gasteiger partial charge < -0.3 is 20.1 Å². The molecule has 2 aromatic carbocycles. The van der Waals surface area contributed by atoms with Crippen molar-refractivity contribution in [2.24, 2.45) is 0 Å². The fourth-order valence-electron chi connectivity index (χ4n) is 2.79. The summed E-state index contributed by atoms with van der Waals surface area (Å²) in [5, 5.41) is 5.20. The number of para-hydroxylation sites is 1. The van der Waals surface area contributed by atoms with Crippen molar-refractivity contribution < 1.29 is 23.0 Å². The third-order valence-corrected chi connectivity index (χ3v) is 4.09. The Morgan fingerprint density at radius 2 is 1.72 bits per heavy atom. The van der Waals surface area contributed by atoms with E-state index in [1.807, 2.05) is 0 Å². The van der Waals surface area contributed by atoms with Gasteiger partial charge in [-0.2, -0.15) is 0 Å². The summed E-state index contributed by atoms with van der Waals surface area (Å²) in [7, 11) is 0. The molecule has 0 radical (unpaired) electrons. The Hall–Kier alpha value is -3.75. The number of amides is 1. The third-order valence-electron chi connectivity index (χ3n) is 4.09. The molecular formula is C20H16F2N4O3. The maximum atomic E-state index is 13.8. The predicted molar refractivity (Wildman–Crippen MR) is 102 cm³/mol. The second kappa shape index (κ2) is 7.70. The van der Waals surface area contributed by atoms with Crippen LogP contribution in [0.4, 0.5) is 26.1 Å². The Balaban J connectivity index is 1.57. The number of benzene rings is 2. The van der Waals surface area contributed by atoms with Crippen molar-refractivity contribution in [2.45, 2.75) is 6.92 Å². The molecule has 0 spiro atoms. The van der Waals surface area contributed by atoms with E-state index in [0.29, 0.717) is 36.1 Å². The first-order valence-corrected chi connectivity index (χ1v) is 8.77. The molecule has 1 aromatic heterocycles. The van der Waals surface area contributed by atoms with Crippen molar-refractivity contribution in [1.29, 1.82) is 0 Å². The highest BCUT2D eigenvalue weighted by Gasteiger charge is 2.17. The van der Waals surface area contributed by atoms with Crippen LogP contribution in [0.2, 0.25) is 0 Å². The lowest BCUT2D eigenvalue weighted by Crippen LogP contribution is -2.17. The van der Waals surface area contributed by atoms with Crippen molar-refractivity contribution in [1.82, 2.24) is 9.97 Å². The van der Waals surface area contributed by atoms with Crippen LogP contribution in [0, 0.1) is 18.6 Å². The summed E-state index contributed by atoms with van der Waals surface area (Å²) in [6.07, 6.45) is 0. The molecule has 0 unspecified atom stereocenters. The number of halogens is 2. The lowest BCUT2D eigenvalue weighted by molar-refractivity contribution is 0.102. The van der Waals surface area contributed by atoms with Crippen LogP contribution in [-0.2, 0) is 0 Å². The van der Waals surface area contributed by atoms with E-state index in [2.05, 4.69) is 20.6 Å². The molecule has 0 aliphatic carbocycles. The molecule has 0 saturated carbocycles. The Labute approximate surface area is 164 Å². The first-order chi connectivity index (χ1) is 14.0. The van der Waals surface area contributed by atoms with Crippen LogP contribution in [0.15, 0.2) is 42.5 Å². The molecule has 0 fully saturated rings. The molecule has 29 heavy (non-hydrogen) atoms. The van der Waals surface area contributed by atoms with Gasteiger partial charge in [-0.05, 0) is 37.3 Å². The molecule has 1 aliphatic rings. The van der Waals surface area contributed by atoms with Crippen molar-refractivity contribution in [3.63, 3.8) is 0 Å². The number of fused-ring (bicyclic) bond motifs is 1. The summed E-state index contributed by atoms with van der Waals surface area (Å²) in [6, 6.07) is 9.98. The number of aryl methyl sites for hydroxylation is 1.